The highest BCUT2D eigenvalue weighted by atomic mass is 19.2. The molecule has 0 saturated carbocycles. The Labute approximate surface area is 232 Å². The van der Waals surface area contributed by atoms with Crippen molar-refractivity contribution in [3.8, 4) is 0 Å². The summed E-state index contributed by atoms with van der Waals surface area (Å²) in [5.74, 6) is -4.95. The summed E-state index contributed by atoms with van der Waals surface area (Å²) < 4.78 is 32.2. The molecule has 2 heterocycles. The number of nitrogens with one attached hydrogen (secondary N) is 2. The Morgan fingerprint density at radius 3 is 2.56 bits per heavy atom. The van der Waals surface area contributed by atoms with Gasteiger partial charge in [-0.05, 0) is 60.2 Å². The standard InChI is InChI=1S/C27H21BF2N6O5/c1-12-14-5-7-19(16(14)4-3-15(12)27(40)41-28)34-26(39)22-9-21(33-23-10-20(24(31)37)35-36(22)23)25(38)32-11-13-2-6-17(29)18(30)8-13/h2-4,6,8-10,19H,5,7,11H2,1H3,(H2,31,37)(H,32,38)(H,34,39)/t19-/m0/s1. The number of rotatable bonds is 7. The zero-order valence-corrected chi connectivity index (χ0v) is 21.5. The van der Waals surface area contributed by atoms with Crippen molar-refractivity contribution in [1.82, 2.24) is 25.2 Å². The van der Waals surface area contributed by atoms with Crippen molar-refractivity contribution in [3.63, 3.8) is 0 Å². The third kappa shape index (κ3) is 5.23. The fourth-order valence-corrected chi connectivity index (χ4v) is 4.84. The lowest BCUT2D eigenvalue weighted by atomic mass is 9.98. The van der Waals surface area contributed by atoms with Crippen LogP contribution in [0.15, 0.2) is 42.5 Å². The van der Waals surface area contributed by atoms with Crippen LogP contribution in [-0.4, -0.2) is 46.3 Å². The molecule has 11 nitrogen and oxygen atoms in total. The number of nitrogens with zero attached hydrogens (tertiary/aromatic N) is 3. The van der Waals surface area contributed by atoms with E-state index in [1.807, 2.05) is 0 Å². The number of carbonyl (C=O) groups is 4. The molecule has 2 aromatic heterocycles. The van der Waals surface area contributed by atoms with Crippen molar-refractivity contribution in [2.45, 2.75) is 32.4 Å². The summed E-state index contributed by atoms with van der Waals surface area (Å²) in [4.78, 5) is 54.4. The van der Waals surface area contributed by atoms with E-state index in [1.165, 1.54) is 18.2 Å². The molecule has 0 bridgehead atoms. The van der Waals surface area contributed by atoms with Crippen LogP contribution in [0.4, 0.5) is 8.78 Å². The van der Waals surface area contributed by atoms with Gasteiger partial charge in [0.25, 0.3) is 17.7 Å². The van der Waals surface area contributed by atoms with E-state index >= 15 is 0 Å². The lowest BCUT2D eigenvalue weighted by Crippen LogP contribution is -2.31. The number of fused-ring (bicyclic) bond motifs is 2. The highest BCUT2D eigenvalue weighted by Crippen LogP contribution is 2.35. The maximum absolute atomic E-state index is 13.5. The maximum Gasteiger partial charge on any atom is 0.378 e. The van der Waals surface area contributed by atoms with E-state index in [-0.39, 0.29) is 29.3 Å². The highest BCUT2D eigenvalue weighted by molar-refractivity contribution is 6.10. The first kappa shape index (κ1) is 27.4. The molecule has 4 N–H and O–H groups in total. The molecule has 3 amide bonds. The van der Waals surface area contributed by atoms with Crippen molar-refractivity contribution in [3.05, 3.63) is 99.0 Å². The molecule has 0 spiro atoms. The second-order valence-electron chi connectivity index (χ2n) is 9.40. The fourth-order valence-electron chi connectivity index (χ4n) is 4.84. The molecule has 2 radical (unpaired) electrons. The quantitative estimate of drug-likeness (QED) is 0.293. The van der Waals surface area contributed by atoms with Gasteiger partial charge in [0.1, 0.15) is 11.4 Å². The van der Waals surface area contributed by atoms with Crippen LogP contribution in [-0.2, 0) is 17.6 Å². The van der Waals surface area contributed by atoms with Crippen LogP contribution in [0.1, 0.15) is 76.5 Å². The molecule has 14 heteroatoms. The van der Waals surface area contributed by atoms with Gasteiger partial charge in [0.05, 0.1) is 11.6 Å². The van der Waals surface area contributed by atoms with E-state index in [2.05, 4.69) is 25.4 Å². The Balaban J connectivity index is 1.44. The zero-order chi connectivity index (χ0) is 29.4. The molecule has 41 heavy (non-hydrogen) atoms. The van der Waals surface area contributed by atoms with Gasteiger partial charge in [-0.3, -0.25) is 14.4 Å². The average molecular weight is 558 g/mol. The summed E-state index contributed by atoms with van der Waals surface area (Å²) in [6, 6.07) is 8.48. The molecule has 0 fully saturated rings. The van der Waals surface area contributed by atoms with Gasteiger partial charge in [-0.15, -0.1) is 0 Å². The minimum Gasteiger partial charge on any atom is -0.540 e. The van der Waals surface area contributed by atoms with Gasteiger partial charge in [-0.1, -0.05) is 12.1 Å². The van der Waals surface area contributed by atoms with Crippen molar-refractivity contribution in [1.29, 1.82) is 0 Å². The molecular formula is C27H21BF2N6O5. The first-order valence-electron chi connectivity index (χ1n) is 12.3. The van der Waals surface area contributed by atoms with Crippen molar-refractivity contribution < 1.29 is 32.6 Å². The molecule has 1 atom stereocenters. The van der Waals surface area contributed by atoms with Gasteiger partial charge in [-0.25, -0.2) is 23.1 Å². The number of amides is 3. The Kier molecular flexibility index (Phi) is 7.22. The third-order valence-electron chi connectivity index (χ3n) is 6.91. The minimum absolute atomic E-state index is 0.0111. The summed E-state index contributed by atoms with van der Waals surface area (Å²) >= 11 is 0. The summed E-state index contributed by atoms with van der Waals surface area (Å²) in [5, 5.41) is 9.52. The van der Waals surface area contributed by atoms with Crippen LogP contribution in [0.3, 0.4) is 0 Å². The molecule has 1 aliphatic carbocycles. The molecule has 0 saturated heterocycles. The second kappa shape index (κ2) is 10.8. The van der Waals surface area contributed by atoms with E-state index in [9.17, 15) is 28.0 Å². The van der Waals surface area contributed by atoms with Crippen molar-refractivity contribution in [2.24, 2.45) is 5.73 Å². The van der Waals surface area contributed by atoms with Gasteiger partial charge in [0.2, 0.25) is 0 Å². The zero-order valence-electron chi connectivity index (χ0n) is 21.5. The number of benzene rings is 2. The smallest absolute Gasteiger partial charge is 0.378 e. The minimum atomic E-state index is -1.06. The van der Waals surface area contributed by atoms with Crippen LogP contribution in [0, 0.1) is 18.6 Å². The average Bonchev–Trinajstić information content (AvgIpc) is 3.57. The number of carbonyl (C=O) groups excluding carboxylic acids is 4. The van der Waals surface area contributed by atoms with Gasteiger partial charge >= 0.3 is 14.0 Å². The Morgan fingerprint density at radius 1 is 1.07 bits per heavy atom. The van der Waals surface area contributed by atoms with Crippen LogP contribution >= 0.6 is 0 Å². The van der Waals surface area contributed by atoms with E-state index in [0.717, 1.165) is 27.8 Å². The monoisotopic (exact) mass is 558 g/mol. The predicted molar refractivity (Wildman–Crippen MR) is 140 cm³/mol. The fraction of sp³-hybridized carbons (Fsp3) is 0.185. The Hall–Kier alpha value is -5.14. The van der Waals surface area contributed by atoms with Crippen molar-refractivity contribution >= 4 is 37.4 Å². The van der Waals surface area contributed by atoms with Gasteiger partial charge < -0.3 is 21.0 Å². The predicted octanol–water partition coefficient (Wildman–Crippen LogP) is 2.00. The lowest BCUT2D eigenvalue weighted by molar-refractivity contribution is 0.0747. The Bertz CT molecular complexity index is 1760. The number of hydrogen-bond acceptors (Lipinski definition) is 7. The second-order valence-corrected chi connectivity index (χ2v) is 9.40. The SMILES string of the molecule is [B]OC(=O)c1ccc2c(c1C)CC[C@@H]2NC(=O)c1cc(C(=O)NCc2ccc(F)c(F)c2)nc2cc(C(N)=O)nn12. The summed E-state index contributed by atoms with van der Waals surface area (Å²) in [7, 11) is 5.03. The van der Waals surface area contributed by atoms with Crippen LogP contribution in [0.5, 0.6) is 0 Å². The van der Waals surface area contributed by atoms with Crippen LogP contribution in [0.25, 0.3) is 5.65 Å². The molecule has 4 aromatic rings. The van der Waals surface area contributed by atoms with E-state index < -0.39 is 41.4 Å². The molecule has 206 valence electrons. The van der Waals surface area contributed by atoms with Gasteiger partial charge in [-0.2, -0.15) is 5.10 Å². The number of nitrogens with two attached hydrogens (primary N) is 1. The number of halogens is 2. The summed E-state index contributed by atoms with van der Waals surface area (Å²) in [5.41, 5.74) is 7.91. The largest absolute Gasteiger partial charge is 0.540 e. The van der Waals surface area contributed by atoms with E-state index in [0.29, 0.717) is 29.5 Å². The third-order valence-corrected chi connectivity index (χ3v) is 6.91. The number of primary amides is 1. The molecule has 0 aliphatic heterocycles. The van der Waals surface area contributed by atoms with E-state index in [1.54, 1.807) is 19.1 Å². The highest BCUT2D eigenvalue weighted by Gasteiger charge is 2.29. The van der Waals surface area contributed by atoms with Crippen LogP contribution < -0.4 is 16.4 Å². The normalized spacial score (nSPS) is 14.0. The first-order valence-corrected chi connectivity index (χ1v) is 12.3. The Morgan fingerprint density at radius 2 is 1.85 bits per heavy atom. The van der Waals surface area contributed by atoms with Crippen LogP contribution in [0.2, 0.25) is 0 Å². The molecular weight excluding hydrogens is 537 g/mol. The molecule has 2 aromatic carbocycles. The maximum atomic E-state index is 13.5. The van der Waals surface area contributed by atoms with Gasteiger partial charge in [0, 0.05) is 18.7 Å². The molecule has 5 rings (SSSR count). The van der Waals surface area contributed by atoms with Crippen molar-refractivity contribution in [2.75, 3.05) is 0 Å². The van der Waals surface area contributed by atoms with E-state index in [4.69, 9.17) is 13.8 Å². The molecule has 1 aliphatic rings. The topological polar surface area (TPSA) is 158 Å². The molecule has 0 unspecified atom stereocenters. The lowest BCUT2D eigenvalue weighted by Gasteiger charge is -2.16. The summed E-state index contributed by atoms with van der Waals surface area (Å²) in [6.45, 7) is 1.62. The summed E-state index contributed by atoms with van der Waals surface area (Å²) in [6.07, 6.45) is 1.11. The van der Waals surface area contributed by atoms with Gasteiger partial charge in [0.15, 0.2) is 23.0 Å². The number of hydrogen-bond donors (Lipinski definition) is 3. The number of aromatic nitrogens is 3. The first-order chi connectivity index (χ1) is 19.6.